The van der Waals surface area contributed by atoms with Gasteiger partial charge in [0, 0.05) is 11.7 Å². The first-order valence-electron chi connectivity index (χ1n) is 14.6. The third-order valence-electron chi connectivity index (χ3n) is 7.23. The number of rotatable bonds is 23. The number of carbonyl (C=O) groups excluding carboxylic acids is 1. The summed E-state index contributed by atoms with van der Waals surface area (Å²) in [6.07, 6.45) is 25.1. The van der Waals surface area contributed by atoms with Gasteiger partial charge in [0.1, 0.15) is 0 Å². The zero-order chi connectivity index (χ0) is 24.0. The van der Waals surface area contributed by atoms with E-state index in [1.807, 2.05) is 0 Å². The van der Waals surface area contributed by atoms with Crippen molar-refractivity contribution in [1.29, 1.82) is 0 Å². The van der Waals surface area contributed by atoms with Gasteiger partial charge in [-0.3, -0.25) is 4.79 Å². The zero-order valence-electron chi connectivity index (χ0n) is 22.2. The molecule has 1 N–H and O–H groups in total. The van der Waals surface area contributed by atoms with Crippen LogP contribution in [0.15, 0.2) is 0 Å². The van der Waals surface area contributed by atoms with Crippen LogP contribution in [0.2, 0.25) is 0 Å². The summed E-state index contributed by atoms with van der Waals surface area (Å²) in [6, 6.07) is 0. The van der Waals surface area contributed by atoms with Gasteiger partial charge in [0.2, 0.25) is 0 Å². The van der Waals surface area contributed by atoms with Crippen LogP contribution in [0.1, 0.15) is 149 Å². The van der Waals surface area contributed by atoms with Crippen LogP contribution in [0.25, 0.3) is 0 Å². The highest BCUT2D eigenvalue weighted by Crippen LogP contribution is 2.38. The summed E-state index contributed by atoms with van der Waals surface area (Å²) in [4.78, 5) is 11.9. The molecule has 3 atom stereocenters. The zero-order valence-corrected chi connectivity index (χ0v) is 23.0. The SMILES string of the molecule is CCCCCCCCCCOC(=O)CCCCCCC1C(O)CCC1SCCCCCCC. The van der Waals surface area contributed by atoms with E-state index in [9.17, 15) is 9.90 Å². The van der Waals surface area contributed by atoms with Crippen LogP contribution < -0.4 is 0 Å². The molecule has 1 aliphatic carbocycles. The van der Waals surface area contributed by atoms with Gasteiger partial charge in [-0.25, -0.2) is 0 Å². The molecule has 0 aromatic rings. The predicted octanol–water partition coefficient (Wildman–Crippen LogP) is 8.85. The highest BCUT2D eigenvalue weighted by molar-refractivity contribution is 7.99. The molecular weight excluding hydrogens is 428 g/mol. The fraction of sp³-hybridized carbons (Fsp3) is 0.966. The summed E-state index contributed by atoms with van der Waals surface area (Å²) in [5.41, 5.74) is 0. The van der Waals surface area contributed by atoms with Crippen LogP contribution in [0.4, 0.5) is 0 Å². The Morgan fingerprint density at radius 1 is 0.758 bits per heavy atom. The molecular formula is C29H56O3S. The van der Waals surface area contributed by atoms with Gasteiger partial charge in [-0.15, -0.1) is 0 Å². The number of esters is 1. The molecule has 4 heteroatoms. The summed E-state index contributed by atoms with van der Waals surface area (Å²) in [5.74, 6) is 1.74. The van der Waals surface area contributed by atoms with Gasteiger partial charge in [0.05, 0.1) is 12.7 Å². The minimum absolute atomic E-state index is 0.0143. The second kappa shape index (κ2) is 22.3. The lowest BCUT2D eigenvalue weighted by atomic mass is 9.97. The molecule has 1 rings (SSSR count). The second-order valence-corrected chi connectivity index (χ2v) is 11.6. The molecule has 1 fully saturated rings. The summed E-state index contributed by atoms with van der Waals surface area (Å²) >= 11 is 2.12. The molecule has 0 aliphatic heterocycles. The lowest BCUT2D eigenvalue weighted by Gasteiger charge is -2.21. The van der Waals surface area contributed by atoms with Crippen molar-refractivity contribution in [3.63, 3.8) is 0 Å². The van der Waals surface area contributed by atoms with Gasteiger partial charge < -0.3 is 9.84 Å². The summed E-state index contributed by atoms with van der Waals surface area (Å²) in [6.45, 7) is 5.12. The van der Waals surface area contributed by atoms with E-state index < -0.39 is 0 Å². The highest BCUT2D eigenvalue weighted by atomic mass is 32.2. The largest absolute Gasteiger partial charge is 0.466 e. The number of unbranched alkanes of at least 4 members (excludes halogenated alkanes) is 14. The predicted molar refractivity (Wildman–Crippen MR) is 145 cm³/mol. The number of hydrogen-bond donors (Lipinski definition) is 1. The Kier molecular flexibility index (Phi) is 20.8. The third-order valence-corrected chi connectivity index (χ3v) is 8.77. The summed E-state index contributed by atoms with van der Waals surface area (Å²) < 4.78 is 5.40. The normalized spacial score (nSPS) is 20.4. The van der Waals surface area contributed by atoms with Crippen LogP contribution in [0, 0.1) is 5.92 Å². The van der Waals surface area contributed by atoms with E-state index >= 15 is 0 Å². The number of aliphatic hydroxyl groups excluding tert-OH is 1. The van der Waals surface area contributed by atoms with Crippen LogP contribution >= 0.6 is 11.8 Å². The van der Waals surface area contributed by atoms with E-state index in [4.69, 9.17) is 4.74 Å². The van der Waals surface area contributed by atoms with Crippen molar-refractivity contribution in [3.8, 4) is 0 Å². The van der Waals surface area contributed by atoms with E-state index in [1.165, 1.54) is 102 Å². The molecule has 0 aromatic heterocycles. The molecule has 0 radical (unpaired) electrons. The lowest BCUT2D eigenvalue weighted by Crippen LogP contribution is -2.21. The van der Waals surface area contributed by atoms with Crippen molar-refractivity contribution in [1.82, 2.24) is 0 Å². The Morgan fingerprint density at radius 2 is 1.33 bits per heavy atom. The molecule has 1 aliphatic rings. The molecule has 0 spiro atoms. The minimum Gasteiger partial charge on any atom is -0.466 e. The van der Waals surface area contributed by atoms with Gasteiger partial charge in [0.15, 0.2) is 0 Å². The maximum Gasteiger partial charge on any atom is 0.305 e. The third kappa shape index (κ3) is 16.9. The minimum atomic E-state index is -0.0890. The standard InChI is InChI=1S/C29H56O3S/c1-3-5-7-9-10-11-14-18-24-32-29(31)21-17-13-12-16-20-26-27(30)22-23-28(26)33-25-19-15-8-6-4-2/h26-28,30H,3-25H2,1-2H3. The van der Waals surface area contributed by atoms with E-state index in [2.05, 4.69) is 25.6 Å². The topological polar surface area (TPSA) is 46.5 Å². The molecule has 0 heterocycles. The van der Waals surface area contributed by atoms with E-state index in [-0.39, 0.29) is 12.1 Å². The Bertz CT molecular complexity index is 443. The molecule has 3 nitrogen and oxygen atoms in total. The van der Waals surface area contributed by atoms with E-state index in [1.54, 1.807) is 0 Å². The van der Waals surface area contributed by atoms with Gasteiger partial charge in [-0.1, -0.05) is 104 Å². The number of thioether (sulfide) groups is 1. The maximum absolute atomic E-state index is 11.9. The Balaban J connectivity index is 1.95. The summed E-state index contributed by atoms with van der Waals surface area (Å²) in [5, 5.41) is 11.1. The Morgan fingerprint density at radius 3 is 2.03 bits per heavy atom. The van der Waals surface area contributed by atoms with Gasteiger partial charge >= 0.3 is 5.97 Å². The smallest absolute Gasteiger partial charge is 0.305 e. The maximum atomic E-state index is 11.9. The van der Waals surface area contributed by atoms with Crippen molar-refractivity contribution in [2.75, 3.05) is 12.4 Å². The summed E-state index contributed by atoms with van der Waals surface area (Å²) in [7, 11) is 0. The van der Waals surface area contributed by atoms with Crippen molar-refractivity contribution in [3.05, 3.63) is 0 Å². The first-order valence-corrected chi connectivity index (χ1v) is 15.7. The van der Waals surface area contributed by atoms with Crippen molar-refractivity contribution >= 4 is 17.7 Å². The molecule has 3 unspecified atom stereocenters. The number of carbonyl (C=O) groups is 1. The average molecular weight is 485 g/mol. The van der Waals surface area contributed by atoms with E-state index in [0.29, 0.717) is 24.2 Å². The molecule has 0 aromatic carbocycles. The fourth-order valence-corrected chi connectivity index (χ4v) is 6.57. The first kappa shape index (κ1) is 30.8. The monoisotopic (exact) mass is 484 g/mol. The Labute approximate surface area is 210 Å². The van der Waals surface area contributed by atoms with Crippen LogP contribution in [-0.2, 0) is 9.53 Å². The van der Waals surface area contributed by atoms with Gasteiger partial charge in [-0.2, -0.15) is 11.8 Å². The van der Waals surface area contributed by atoms with Crippen LogP contribution in [-0.4, -0.2) is 34.8 Å². The van der Waals surface area contributed by atoms with Crippen LogP contribution in [0.5, 0.6) is 0 Å². The molecule has 33 heavy (non-hydrogen) atoms. The number of aliphatic hydroxyl groups is 1. The second-order valence-electron chi connectivity index (χ2n) is 10.3. The van der Waals surface area contributed by atoms with Crippen molar-refractivity contribution < 1.29 is 14.6 Å². The van der Waals surface area contributed by atoms with Gasteiger partial charge in [-0.05, 0) is 50.2 Å². The average Bonchev–Trinajstić information content (AvgIpc) is 3.16. The highest BCUT2D eigenvalue weighted by Gasteiger charge is 2.34. The van der Waals surface area contributed by atoms with Gasteiger partial charge in [0.25, 0.3) is 0 Å². The molecule has 1 saturated carbocycles. The quantitative estimate of drug-likeness (QED) is 0.116. The van der Waals surface area contributed by atoms with Crippen molar-refractivity contribution in [2.45, 2.75) is 160 Å². The number of ether oxygens (including phenoxy) is 1. The van der Waals surface area contributed by atoms with E-state index in [0.717, 1.165) is 32.1 Å². The molecule has 196 valence electrons. The number of hydrogen-bond acceptors (Lipinski definition) is 4. The molecule has 0 saturated heterocycles. The first-order chi connectivity index (χ1) is 16.2. The molecule has 0 bridgehead atoms. The molecule has 0 amide bonds. The lowest BCUT2D eigenvalue weighted by molar-refractivity contribution is -0.143. The van der Waals surface area contributed by atoms with Crippen molar-refractivity contribution in [2.24, 2.45) is 5.92 Å². The van der Waals surface area contributed by atoms with Crippen LogP contribution in [0.3, 0.4) is 0 Å². The Hall–Kier alpha value is -0.220. The fourth-order valence-electron chi connectivity index (χ4n) is 5.03.